The lowest BCUT2D eigenvalue weighted by Gasteiger charge is -2.24. The average molecular weight is 310 g/mol. The molecule has 2 N–H and O–H groups in total. The summed E-state index contributed by atoms with van der Waals surface area (Å²) in [6.07, 6.45) is 3.31. The van der Waals surface area contributed by atoms with Crippen molar-refractivity contribution in [1.29, 1.82) is 0 Å². The fraction of sp³-hybridized carbons (Fsp3) is 0.625. The van der Waals surface area contributed by atoms with Crippen molar-refractivity contribution in [3.8, 4) is 0 Å². The van der Waals surface area contributed by atoms with Gasteiger partial charge in [-0.05, 0) is 44.2 Å². The van der Waals surface area contributed by atoms with Crippen LogP contribution in [0.5, 0.6) is 0 Å². The Hall–Kier alpha value is -0.910. The fourth-order valence-electron chi connectivity index (χ4n) is 2.05. The SMILES string of the molecule is CCC(C)(C)NS(=O)(=O)Cc1ccc(CNC2CC2)cc1. The van der Waals surface area contributed by atoms with Gasteiger partial charge in [0.2, 0.25) is 10.0 Å². The quantitative estimate of drug-likeness (QED) is 0.776. The lowest BCUT2D eigenvalue weighted by Crippen LogP contribution is -2.43. The smallest absolute Gasteiger partial charge is 0.216 e. The van der Waals surface area contributed by atoms with E-state index in [9.17, 15) is 8.42 Å². The van der Waals surface area contributed by atoms with E-state index >= 15 is 0 Å². The molecule has 1 aromatic carbocycles. The summed E-state index contributed by atoms with van der Waals surface area (Å²) >= 11 is 0. The van der Waals surface area contributed by atoms with Crippen LogP contribution in [0.4, 0.5) is 0 Å². The van der Waals surface area contributed by atoms with E-state index in [1.807, 2.05) is 45.0 Å². The first-order valence-corrected chi connectivity index (χ1v) is 9.28. The average Bonchev–Trinajstić information content (AvgIpc) is 3.20. The Balaban J connectivity index is 1.92. The van der Waals surface area contributed by atoms with Crippen molar-refractivity contribution in [1.82, 2.24) is 10.0 Å². The molecule has 1 aromatic rings. The molecular formula is C16H26N2O2S. The van der Waals surface area contributed by atoms with Crippen molar-refractivity contribution >= 4 is 10.0 Å². The molecule has 0 unspecified atom stereocenters. The Labute approximate surface area is 128 Å². The normalized spacial score (nSPS) is 16.1. The van der Waals surface area contributed by atoms with Crippen molar-refractivity contribution in [3.05, 3.63) is 35.4 Å². The molecule has 1 aliphatic carbocycles. The Bertz CT molecular complexity index is 560. The first kappa shape index (κ1) is 16.5. The molecule has 0 bridgehead atoms. The third-order valence-electron chi connectivity index (χ3n) is 3.87. The molecule has 0 spiro atoms. The number of nitrogens with one attached hydrogen (secondary N) is 2. The monoisotopic (exact) mass is 310 g/mol. The van der Waals surface area contributed by atoms with E-state index in [1.54, 1.807) is 0 Å². The molecule has 0 radical (unpaired) electrons. The summed E-state index contributed by atoms with van der Waals surface area (Å²) in [5.74, 6) is 0.0345. The van der Waals surface area contributed by atoms with Gasteiger partial charge in [0.05, 0.1) is 5.75 Å². The largest absolute Gasteiger partial charge is 0.310 e. The molecule has 0 atom stereocenters. The lowest BCUT2D eigenvalue weighted by atomic mass is 10.0. The highest BCUT2D eigenvalue weighted by Crippen LogP contribution is 2.19. The zero-order valence-corrected chi connectivity index (χ0v) is 14.0. The highest BCUT2D eigenvalue weighted by Gasteiger charge is 2.23. The molecule has 0 aliphatic heterocycles. The molecular weight excluding hydrogens is 284 g/mol. The first-order chi connectivity index (χ1) is 9.80. The summed E-state index contributed by atoms with van der Waals surface area (Å²) in [5, 5.41) is 3.45. The van der Waals surface area contributed by atoms with E-state index in [4.69, 9.17) is 0 Å². The van der Waals surface area contributed by atoms with Gasteiger partial charge in [-0.25, -0.2) is 13.1 Å². The van der Waals surface area contributed by atoms with E-state index in [0.29, 0.717) is 6.04 Å². The lowest BCUT2D eigenvalue weighted by molar-refractivity contribution is 0.439. The van der Waals surface area contributed by atoms with Gasteiger partial charge in [0.25, 0.3) is 0 Å². The third kappa shape index (κ3) is 5.77. The van der Waals surface area contributed by atoms with Crippen molar-refractivity contribution in [3.63, 3.8) is 0 Å². The summed E-state index contributed by atoms with van der Waals surface area (Å²) < 4.78 is 27.1. The Morgan fingerprint density at radius 1 is 1.14 bits per heavy atom. The summed E-state index contributed by atoms with van der Waals surface area (Å²) in [6, 6.07) is 8.51. The van der Waals surface area contributed by atoms with Crippen LogP contribution in [0.25, 0.3) is 0 Å². The van der Waals surface area contributed by atoms with Gasteiger partial charge in [0.1, 0.15) is 0 Å². The van der Waals surface area contributed by atoms with E-state index < -0.39 is 15.6 Å². The summed E-state index contributed by atoms with van der Waals surface area (Å²) in [6.45, 7) is 6.64. The Kier molecular flexibility index (Phi) is 5.07. The van der Waals surface area contributed by atoms with Crippen LogP contribution in [-0.2, 0) is 22.3 Å². The number of sulfonamides is 1. The molecule has 1 fully saturated rings. The van der Waals surface area contributed by atoms with E-state index in [-0.39, 0.29) is 5.75 Å². The fourth-order valence-corrected chi connectivity index (χ4v) is 3.74. The number of hydrogen-bond donors (Lipinski definition) is 2. The van der Waals surface area contributed by atoms with Gasteiger partial charge in [-0.2, -0.15) is 0 Å². The van der Waals surface area contributed by atoms with Crippen LogP contribution in [0.2, 0.25) is 0 Å². The van der Waals surface area contributed by atoms with Crippen LogP contribution in [0, 0.1) is 0 Å². The maximum absolute atomic E-state index is 12.2. The Morgan fingerprint density at radius 3 is 2.24 bits per heavy atom. The van der Waals surface area contributed by atoms with Gasteiger partial charge in [0, 0.05) is 18.1 Å². The molecule has 118 valence electrons. The summed E-state index contributed by atoms with van der Waals surface area (Å²) in [5.41, 5.74) is 1.63. The molecule has 5 heteroatoms. The molecule has 0 saturated heterocycles. The number of rotatable bonds is 8. The van der Waals surface area contributed by atoms with Gasteiger partial charge < -0.3 is 5.32 Å². The molecule has 0 amide bonds. The zero-order chi connectivity index (χ0) is 15.5. The Morgan fingerprint density at radius 2 is 1.71 bits per heavy atom. The minimum Gasteiger partial charge on any atom is -0.310 e. The van der Waals surface area contributed by atoms with Crippen molar-refractivity contribution in [2.24, 2.45) is 0 Å². The molecule has 0 heterocycles. The molecule has 1 saturated carbocycles. The highest BCUT2D eigenvalue weighted by molar-refractivity contribution is 7.88. The summed E-state index contributed by atoms with van der Waals surface area (Å²) in [4.78, 5) is 0. The minimum atomic E-state index is -3.30. The third-order valence-corrected chi connectivity index (χ3v) is 5.44. The molecule has 1 aliphatic rings. The van der Waals surface area contributed by atoms with Gasteiger partial charge in [-0.1, -0.05) is 31.2 Å². The van der Waals surface area contributed by atoms with Crippen LogP contribution >= 0.6 is 0 Å². The predicted octanol–water partition coefficient (Wildman–Crippen LogP) is 2.55. The highest BCUT2D eigenvalue weighted by atomic mass is 32.2. The van der Waals surface area contributed by atoms with Crippen molar-refractivity contribution in [2.45, 2.75) is 63.9 Å². The number of benzene rings is 1. The second-order valence-corrected chi connectivity index (χ2v) is 8.29. The van der Waals surface area contributed by atoms with Crippen LogP contribution < -0.4 is 10.0 Å². The molecule has 0 aromatic heterocycles. The zero-order valence-electron chi connectivity index (χ0n) is 13.1. The van der Waals surface area contributed by atoms with E-state index in [2.05, 4.69) is 10.0 Å². The van der Waals surface area contributed by atoms with Crippen LogP contribution in [0.3, 0.4) is 0 Å². The number of hydrogen-bond acceptors (Lipinski definition) is 3. The predicted molar refractivity (Wildman–Crippen MR) is 86.4 cm³/mol. The molecule has 4 nitrogen and oxygen atoms in total. The van der Waals surface area contributed by atoms with Crippen molar-refractivity contribution < 1.29 is 8.42 Å². The topological polar surface area (TPSA) is 58.2 Å². The van der Waals surface area contributed by atoms with Crippen molar-refractivity contribution in [2.75, 3.05) is 0 Å². The molecule has 2 rings (SSSR count). The summed E-state index contributed by atoms with van der Waals surface area (Å²) in [7, 11) is -3.30. The second kappa shape index (κ2) is 6.46. The maximum atomic E-state index is 12.2. The first-order valence-electron chi connectivity index (χ1n) is 7.62. The maximum Gasteiger partial charge on any atom is 0.216 e. The van der Waals surface area contributed by atoms with Crippen LogP contribution in [0.15, 0.2) is 24.3 Å². The van der Waals surface area contributed by atoms with Gasteiger partial charge in [-0.3, -0.25) is 0 Å². The second-order valence-electron chi connectivity index (χ2n) is 6.57. The van der Waals surface area contributed by atoms with Gasteiger partial charge in [0.15, 0.2) is 0 Å². The molecule has 21 heavy (non-hydrogen) atoms. The van der Waals surface area contributed by atoms with Gasteiger partial charge in [-0.15, -0.1) is 0 Å². The van der Waals surface area contributed by atoms with Gasteiger partial charge >= 0.3 is 0 Å². The standard InChI is InChI=1S/C16H26N2O2S/c1-4-16(2,3)18-21(19,20)12-14-7-5-13(6-8-14)11-17-15-9-10-15/h5-8,15,17-18H,4,9-12H2,1-3H3. The van der Waals surface area contributed by atoms with E-state index in [1.165, 1.54) is 18.4 Å². The van der Waals surface area contributed by atoms with Crippen LogP contribution in [-0.4, -0.2) is 20.0 Å². The van der Waals surface area contributed by atoms with Crippen LogP contribution in [0.1, 0.15) is 51.2 Å². The van der Waals surface area contributed by atoms with E-state index in [0.717, 1.165) is 18.5 Å². The minimum absolute atomic E-state index is 0.0345.